The van der Waals surface area contributed by atoms with Crippen LogP contribution in [0.25, 0.3) is 0 Å². The van der Waals surface area contributed by atoms with E-state index >= 15 is 0 Å². The summed E-state index contributed by atoms with van der Waals surface area (Å²) in [5, 5.41) is 2.87. The van der Waals surface area contributed by atoms with Crippen molar-refractivity contribution >= 4 is 5.91 Å². The lowest BCUT2D eigenvalue weighted by Gasteiger charge is -2.07. The Labute approximate surface area is 84.6 Å². The van der Waals surface area contributed by atoms with E-state index in [4.69, 9.17) is 0 Å². The van der Waals surface area contributed by atoms with Crippen molar-refractivity contribution in [3.63, 3.8) is 0 Å². The molecule has 1 rings (SSSR count). The molecular formula is C11H16N2O. The van der Waals surface area contributed by atoms with E-state index in [2.05, 4.69) is 24.1 Å². The van der Waals surface area contributed by atoms with Crippen LogP contribution in [0.4, 0.5) is 0 Å². The van der Waals surface area contributed by atoms with Gasteiger partial charge in [0.25, 0.3) is 0 Å². The standard InChI is InChI=1S/C11H16N2O/c1-9(2)8-13-11(14)7-10-3-5-12-6-4-10/h3-6,9H,7-8H2,1-2H3,(H,13,14). The van der Waals surface area contributed by atoms with E-state index in [0.717, 1.165) is 12.1 Å². The molecule has 0 spiro atoms. The maximum atomic E-state index is 11.4. The lowest BCUT2D eigenvalue weighted by Crippen LogP contribution is -2.28. The van der Waals surface area contributed by atoms with Crippen LogP contribution in [0.3, 0.4) is 0 Å². The van der Waals surface area contributed by atoms with E-state index in [1.54, 1.807) is 12.4 Å². The third kappa shape index (κ3) is 4.03. The van der Waals surface area contributed by atoms with Crippen LogP contribution >= 0.6 is 0 Å². The second-order valence-electron chi connectivity index (χ2n) is 3.73. The number of nitrogens with one attached hydrogen (secondary N) is 1. The first-order valence-electron chi connectivity index (χ1n) is 4.84. The van der Waals surface area contributed by atoms with Crippen molar-refractivity contribution in [2.75, 3.05) is 6.54 Å². The van der Waals surface area contributed by atoms with E-state index in [1.807, 2.05) is 12.1 Å². The number of aromatic nitrogens is 1. The van der Waals surface area contributed by atoms with Gasteiger partial charge < -0.3 is 5.32 Å². The predicted molar refractivity (Wildman–Crippen MR) is 55.8 cm³/mol. The minimum Gasteiger partial charge on any atom is -0.356 e. The number of carbonyl (C=O) groups excluding carboxylic acids is 1. The lowest BCUT2D eigenvalue weighted by atomic mass is 10.2. The molecule has 1 aromatic heterocycles. The van der Waals surface area contributed by atoms with Crippen LogP contribution in [0.5, 0.6) is 0 Å². The van der Waals surface area contributed by atoms with Crippen molar-refractivity contribution in [1.29, 1.82) is 0 Å². The topological polar surface area (TPSA) is 42.0 Å². The minimum atomic E-state index is 0.0740. The summed E-state index contributed by atoms with van der Waals surface area (Å²) in [5.74, 6) is 0.571. The quantitative estimate of drug-likeness (QED) is 0.783. The van der Waals surface area contributed by atoms with Crippen LogP contribution in [0.15, 0.2) is 24.5 Å². The first-order valence-corrected chi connectivity index (χ1v) is 4.84. The van der Waals surface area contributed by atoms with Gasteiger partial charge in [0.2, 0.25) is 5.91 Å². The molecule has 0 bridgehead atoms. The summed E-state index contributed by atoms with van der Waals surface area (Å²) in [7, 11) is 0. The van der Waals surface area contributed by atoms with Crippen molar-refractivity contribution < 1.29 is 4.79 Å². The molecule has 0 aromatic carbocycles. The normalized spacial score (nSPS) is 10.2. The number of amides is 1. The van der Waals surface area contributed by atoms with Crippen LogP contribution in [0.1, 0.15) is 19.4 Å². The molecule has 0 saturated heterocycles. The minimum absolute atomic E-state index is 0.0740. The number of hydrogen-bond donors (Lipinski definition) is 1. The van der Waals surface area contributed by atoms with Crippen LogP contribution < -0.4 is 5.32 Å². The molecule has 3 heteroatoms. The fourth-order valence-corrected chi connectivity index (χ4v) is 1.07. The molecule has 0 aliphatic rings. The molecule has 1 amide bonds. The van der Waals surface area contributed by atoms with Crippen molar-refractivity contribution in [3.8, 4) is 0 Å². The molecule has 0 saturated carbocycles. The van der Waals surface area contributed by atoms with Crippen molar-refractivity contribution in [3.05, 3.63) is 30.1 Å². The molecule has 76 valence electrons. The molecule has 0 atom stereocenters. The Morgan fingerprint density at radius 3 is 2.64 bits per heavy atom. The van der Waals surface area contributed by atoms with E-state index in [-0.39, 0.29) is 5.91 Å². The van der Waals surface area contributed by atoms with Crippen LogP contribution in [-0.2, 0) is 11.2 Å². The first kappa shape index (κ1) is 10.7. The molecule has 3 nitrogen and oxygen atoms in total. The number of carbonyl (C=O) groups is 1. The van der Waals surface area contributed by atoms with E-state index < -0.39 is 0 Å². The van der Waals surface area contributed by atoms with Gasteiger partial charge in [0, 0.05) is 18.9 Å². The Morgan fingerprint density at radius 2 is 2.07 bits per heavy atom. The summed E-state index contributed by atoms with van der Waals surface area (Å²) >= 11 is 0. The summed E-state index contributed by atoms with van der Waals surface area (Å²) in [6.45, 7) is 4.89. The molecule has 14 heavy (non-hydrogen) atoms. The molecule has 1 heterocycles. The molecule has 1 aromatic rings. The predicted octanol–water partition coefficient (Wildman–Crippen LogP) is 1.40. The van der Waals surface area contributed by atoms with Crippen LogP contribution in [0.2, 0.25) is 0 Å². The zero-order chi connectivity index (χ0) is 10.4. The van der Waals surface area contributed by atoms with Gasteiger partial charge in [-0.3, -0.25) is 9.78 Å². The molecular weight excluding hydrogens is 176 g/mol. The molecule has 0 radical (unpaired) electrons. The fraction of sp³-hybridized carbons (Fsp3) is 0.455. The molecule has 0 aliphatic heterocycles. The third-order valence-electron chi connectivity index (χ3n) is 1.82. The van der Waals surface area contributed by atoms with E-state index in [1.165, 1.54) is 0 Å². The fourth-order valence-electron chi connectivity index (χ4n) is 1.07. The average Bonchev–Trinajstić information content (AvgIpc) is 2.16. The highest BCUT2D eigenvalue weighted by atomic mass is 16.1. The van der Waals surface area contributed by atoms with Gasteiger partial charge in [0.15, 0.2) is 0 Å². The Morgan fingerprint density at radius 1 is 1.43 bits per heavy atom. The van der Waals surface area contributed by atoms with Gasteiger partial charge in [-0.25, -0.2) is 0 Å². The van der Waals surface area contributed by atoms with E-state index in [9.17, 15) is 4.79 Å². The smallest absolute Gasteiger partial charge is 0.224 e. The van der Waals surface area contributed by atoms with Gasteiger partial charge >= 0.3 is 0 Å². The summed E-state index contributed by atoms with van der Waals surface area (Å²) < 4.78 is 0. The van der Waals surface area contributed by atoms with Crippen LogP contribution in [-0.4, -0.2) is 17.4 Å². The van der Waals surface area contributed by atoms with Crippen molar-refractivity contribution in [2.45, 2.75) is 20.3 Å². The van der Waals surface area contributed by atoms with Gasteiger partial charge in [-0.05, 0) is 23.6 Å². The average molecular weight is 192 g/mol. The van der Waals surface area contributed by atoms with Crippen molar-refractivity contribution in [2.24, 2.45) is 5.92 Å². The maximum absolute atomic E-state index is 11.4. The van der Waals surface area contributed by atoms with Gasteiger partial charge in [-0.1, -0.05) is 13.8 Å². The lowest BCUT2D eigenvalue weighted by molar-refractivity contribution is -0.120. The third-order valence-corrected chi connectivity index (χ3v) is 1.82. The second-order valence-corrected chi connectivity index (χ2v) is 3.73. The second kappa shape index (κ2) is 5.37. The van der Waals surface area contributed by atoms with E-state index in [0.29, 0.717) is 12.3 Å². The van der Waals surface area contributed by atoms with Gasteiger partial charge in [0.1, 0.15) is 0 Å². The maximum Gasteiger partial charge on any atom is 0.224 e. The largest absolute Gasteiger partial charge is 0.356 e. The highest BCUT2D eigenvalue weighted by Crippen LogP contribution is 1.97. The van der Waals surface area contributed by atoms with Gasteiger partial charge in [-0.15, -0.1) is 0 Å². The molecule has 0 unspecified atom stereocenters. The highest BCUT2D eigenvalue weighted by molar-refractivity contribution is 5.78. The Hall–Kier alpha value is -1.38. The molecule has 0 fully saturated rings. The summed E-state index contributed by atoms with van der Waals surface area (Å²) in [4.78, 5) is 15.3. The summed E-state index contributed by atoms with van der Waals surface area (Å²) in [6.07, 6.45) is 3.84. The zero-order valence-corrected chi connectivity index (χ0v) is 8.66. The Bertz CT molecular complexity index is 283. The first-order chi connectivity index (χ1) is 6.68. The number of pyridine rings is 1. The molecule has 1 N–H and O–H groups in total. The monoisotopic (exact) mass is 192 g/mol. The summed E-state index contributed by atoms with van der Waals surface area (Å²) in [5.41, 5.74) is 1.00. The Balaban J connectivity index is 2.35. The SMILES string of the molecule is CC(C)CNC(=O)Cc1ccncc1. The molecule has 0 aliphatic carbocycles. The van der Waals surface area contributed by atoms with Crippen molar-refractivity contribution in [1.82, 2.24) is 10.3 Å². The highest BCUT2D eigenvalue weighted by Gasteiger charge is 2.02. The Kier molecular flexibility index (Phi) is 4.11. The van der Waals surface area contributed by atoms with Gasteiger partial charge in [-0.2, -0.15) is 0 Å². The number of rotatable bonds is 4. The van der Waals surface area contributed by atoms with Crippen LogP contribution in [0, 0.1) is 5.92 Å². The number of nitrogens with zero attached hydrogens (tertiary/aromatic N) is 1. The summed E-state index contributed by atoms with van der Waals surface area (Å²) in [6, 6.07) is 3.71. The number of hydrogen-bond acceptors (Lipinski definition) is 2. The zero-order valence-electron chi connectivity index (χ0n) is 8.66. The van der Waals surface area contributed by atoms with Gasteiger partial charge in [0.05, 0.1) is 6.42 Å².